The number of carboxylic acid groups (broad SMARTS) is 1. The highest BCUT2D eigenvalue weighted by Gasteiger charge is 2.33. The zero-order valence-corrected chi connectivity index (χ0v) is 11.1. The van der Waals surface area contributed by atoms with Gasteiger partial charge in [-0.15, -0.1) is 0 Å². The van der Waals surface area contributed by atoms with Gasteiger partial charge in [0.25, 0.3) is 5.69 Å². The van der Waals surface area contributed by atoms with Gasteiger partial charge >= 0.3 is 12.1 Å². The smallest absolute Gasteiger partial charge is 0.416 e. The van der Waals surface area contributed by atoms with E-state index in [-0.39, 0.29) is 25.1 Å². The summed E-state index contributed by atoms with van der Waals surface area (Å²) >= 11 is 0. The van der Waals surface area contributed by atoms with E-state index in [0.29, 0.717) is 6.07 Å². The van der Waals surface area contributed by atoms with Gasteiger partial charge in [-0.2, -0.15) is 13.2 Å². The largest absolute Gasteiger partial charge is 0.481 e. The monoisotopic (exact) mass is 306 g/mol. The molecule has 21 heavy (non-hydrogen) atoms. The van der Waals surface area contributed by atoms with Crippen LogP contribution in [0, 0.1) is 10.1 Å². The number of aliphatic carboxylic acids is 1. The number of carbonyl (C=O) groups is 1. The lowest BCUT2D eigenvalue weighted by Gasteiger charge is -2.19. The standard InChI is InChI=1S/C12H13F3N2O4/c1-16(6-2-3-11(18)19)9-5-4-8(12(13,14)15)7-10(9)17(20)21/h4-5,7H,2-3,6H2,1H3,(H,18,19). The number of nitrogens with zero attached hydrogens (tertiary/aromatic N) is 2. The van der Waals surface area contributed by atoms with E-state index in [2.05, 4.69) is 0 Å². The molecule has 0 saturated carbocycles. The summed E-state index contributed by atoms with van der Waals surface area (Å²) in [7, 11) is 1.46. The molecule has 0 unspecified atom stereocenters. The Morgan fingerprint density at radius 2 is 2.05 bits per heavy atom. The minimum atomic E-state index is -4.66. The van der Waals surface area contributed by atoms with Crippen LogP contribution in [0.25, 0.3) is 0 Å². The summed E-state index contributed by atoms with van der Waals surface area (Å²) in [4.78, 5) is 21.8. The van der Waals surface area contributed by atoms with Crippen molar-refractivity contribution in [2.24, 2.45) is 0 Å². The predicted octanol–water partition coefficient (Wildman–Crippen LogP) is 2.91. The lowest BCUT2D eigenvalue weighted by atomic mass is 10.1. The number of hydrogen-bond acceptors (Lipinski definition) is 4. The third-order valence-electron chi connectivity index (χ3n) is 2.79. The highest BCUT2D eigenvalue weighted by atomic mass is 19.4. The van der Waals surface area contributed by atoms with Crippen LogP contribution in [-0.4, -0.2) is 29.6 Å². The Morgan fingerprint density at radius 3 is 2.52 bits per heavy atom. The second kappa shape index (κ2) is 6.42. The second-order valence-corrected chi connectivity index (χ2v) is 4.38. The maximum absolute atomic E-state index is 12.6. The molecule has 6 nitrogen and oxygen atoms in total. The number of carboxylic acids is 1. The fraction of sp³-hybridized carbons (Fsp3) is 0.417. The van der Waals surface area contributed by atoms with E-state index in [4.69, 9.17) is 5.11 Å². The Hall–Kier alpha value is -2.32. The van der Waals surface area contributed by atoms with E-state index in [1.54, 1.807) is 0 Å². The molecule has 0 saturated heterocycles. The molecule has 0 aromatic heterocycles. The van der Waals surface area contributed by atoms with Gasteiger partial charge in [-0.3, -0.25) is 14.9 Å². The Morgan fingerprint density at radius 1 is 1.43 bits per heavy atom. The maximum Gasteiger partial charge on any atom is 0.416 e. The van der Waals surface area contributed by atoms with Crippen molar-refractivity contribution in [3.05, 3.63) is 33.9 Å². The molecule has 0 bridgehead atoms. The summed E-state index contributed by atoms with van der Waals surface area (Å²) in [6, 6.07) is 2.25. The van der Waals surface area contributed by atoms with Gasteiger partial charge in [0.1, 0.15) is 5.69 Å². The Balaban J connectivity index is 3.01. The summed E-state index contributed by atoms with van der Waals surface area (Å²) in [5, 5.41) is 19.4. The third kappa shape index (κ3) is 4.62. The van der Waals surface area contributed by atoms with Gasteiger partial charge < -0.3 is 10.0 Å². The van der Waals surface area contributed by atoms with Gasteiger partial charge in [0, 0.05) is 26.1 Å². The fourth-order valence-corrected chi connectivity index (χ4v) is 1.76. The average molecular weight is 306 g/mol. The van der Waals surface area contributed by atoms with Crippen molar-refractivity contribution in [1.82, 2.24) is 0 Å². The molecule has 0 fully saturated rings. The molecule has 1 aromatic rings. The van der Waals surface area contributed by atoms with Gasteiger partial charge in [-0.25, -0.2) is 0 Å². The summed E-state index contributed by atoms with van der Waals surface area (Å²) in [5.41, 5.74) is -1.75. The zero-order valence-electron chi connectivity index (χ0n) is 11.1. The van der Waals surface area contributed by atoms with E-state index in [9.17, 15) is 28.1 Å². The first-order chi connectivity index (χ1) is 9.62. The number of alkyl halides is 3. The minimum Gasteiger partial charge on any atom is -0.481 e. The third-order valence-corrected chi connectivity index (χ3v) is 2.79. The van der Waals surface area contributed by atoms with Gasteiger partial charge in [0.15, 0.2) is 0 Å². The Bertz CT molecular complexity index is 546. The van der Waals surface area contributed by atoms with Crippen molar-refractivity contribution in [2.75, 3.05) is 18.5 Å². The first-order valence-corrected chi connectivity index (χ1v) is 5.91. The van der Waals surface area contributed by atoms with Crippen LogP contribution in [0.3, 0.4) is 0 Å². The molecule has 116 valence electrons. The molecule has 1 aromatic carbocycles. The lowest BCUT2D eigenvalue weighted by Crippen LogP contribution is -2.21. The number of nitro groups is 1. The summed E-state index contributed by atoms with van der Waals surface area (Å²) < 4.78 is 37.7. The number of rotatable bonds is 6. The average Bonchev–Trinajstić information content (AvgIpc) is 2.36. The van der Waals surface area contributed by atoms with Crippen molar-refractivity contribution in [2.45, 2.75) is 19.0 Å². The van der Waals surface area contributed by atoms with Crippen LogP contribution in [0.2, 0.25) is 0 Å². The molecule has 0 radical (unpaired) electrons. The number of benzene rings is 1. The van der Waals surface area contributed by atoms with Gasteiger partial charge in [0.2, 0.25) is 0 Å². The molecule has 1 rings (SSSR count). The molecule has 0 aliphatic carbocycles. The van der Waals surface area contributed by atoms with E-state index < -0.39 is 28.3 Å². The van der Waals surface area contributed by atoms with Crippen LogP contribution in [0.4, 0.5) is 24.5 Å². The highest BCUT2D eigenvalue weighted by Crippen LogP contribution is 2.36. The molecule has 0 heterocycles. The molecular weight excluding hydrogens is 293 g/mol. The SMILES string of the molecule is CN(CCCC(=O)O)c1ccc(C(F)(F)F)cc1[N+](=O)[O-]. The molecule has 0 aliphatic rings. The summed E-state index contributed by atoms with van der Waals surface area (Å²) in [5.74, 6) is -1.01. The summed E-state index contributed by atoms with van der Waals surface area (Å²) in [6.45, 7) is 0.179. The van der Waals surface area contributed by atoms with Crippen molar-refractivity contribution in [3.63, 3.8) is 0 Å². The van der Waals surface area contributed by atoms with Crippen LogP contribution < -0.4 is 4.90 Å². The molecule has 1 N–H and O–H groups in total. The van der Waals surface area contributed by atoms with Crippen molar-refractivity contribution < 1.29 is 28.0 Å². The topological polar surface area (TPSA) is 83.7 Å². The minimum absolute atomic E-state index is 0.0124. The second-order valence-electron chi connectivity index (χ2n) is 4.38. The van der Waals surface area contributed by atoms with Crippen LogP contribution in [0.1, 0.15) is 18.4 Å². The van der Waals surface area contributed by atoms with E-state index in [1.165, 1.54) is 11.9 Å². The summed E-state index contributed by atoms with van der Waals surface area (Å²) in [6.07, 6.45) is -4.56. The first-order valence-electron chi connectivity index (χ1n) is 5.91. The van der Waals surface area contributed by atoms with Crippen molar-refractivity contribution >= 4 is 17.3 Å². The quantitative estimate of drug-likeness (QED) is 0.645. The molecule has 0 aliphatic heterocycles. The highest BCUT2D eigenvalue weighted by molar-refractivity contribution is 5.67. The number of hydrogen-bond donors (Lipinski definition) is 1. The predicted molar refractivity (Wildman–Crippen MR) is 68.2 cm³/mol. The van der Waals surface area contributed by atoms with Crippen LogP contribution in [-0.2, 0) is 11.0 Å². The first kappa shape index (κ1) is 16.7. The van der Waals surface area contributed by atoms with Crippen molar-refractivity contribution in [1.29, 1.82) is 0 Å². The molecule has 0 spiro atoms. The van der Waals surface area contributed by atoms with Crippen molar-refractivity contribution in [3.8, 4) is 0 Å². The van der Waals surface area contributed by atoms with Gasteiger partial charge in [-0.05, 0) is 18.6 Å². The molecule has 0 amide bonds. The molecular formula is C12H13F3N2O4. The van der Waals surface area contributed by atoms with Crippen LogP contribution in [0.5, 0.6) is 0 Å². The van der Waals surface area contributed by atoms with Gasteiger partial charge in [-0.1, -0.05) is 0 Å². The number of anilines is 1. The van der Waals surface area contributed by atoms with E-state index in [0.717, 1.165) is 12.1 Å². The molecule has 9 heteroatoms. The zero-order chi connectivity index (χ0) is 16.2. The Labute approximate surface area is 117 Å². The maximum atomic E-state index is 12.6. The molecule has 0 atom stereocenters. The van der Waals surface area contributed by atoms with Crippen LogP contribution >= 0.6 is 0 Å². The lowest BCUT2D eigenvalue weighted by molar-refractivity contribution is -0.384. The van der Waals surface area contributed by atoms with E-state index in [1.807, 2.05) is 0 Å². The van der Waals surface area contributed by atoms with Crippen LogP contribution in [0.15, 0.2) is 18.2 Å². The normalized spacial score (nSPS) is 11.2. The fourth-order valence-electron chi connectivity index (χ4n) is 1.76. The van der Waals surface area contributed by atoms with Gasteiger partial charge in [0.05, 0.1) is 10.5 Å². The number of halogens is 3. The number of nitro benzene ring substituents is 1. The van der Waals surface area contributed by atoms with E-state index >= 15 is 0 Å². The Kier molecular flexibility index (Phi) is 5.12.